The smallest absolute Gasteiger partial charge is 0.416 e. The minimum atomic E-state index is -4.50. The Morgan fingerprint density at radius 3 is 1.90 bits per heavy atom. The Morgan fingerprint density at radius 2 is 1.62 bits per heavy atom. The van der Waals surface area contributed by atoms with Crippen LogP contribution in [0.4, 0.5) is 13.2 Å². The Hall–Kier alpha value is -1.63. The lowest BCUT2D eigenvalue weighted by atomic mass is 9.95. The Bertz CT molecular complexity index is 564. The molecule has 0 heterocycles. The first kappa shape index (κ1) is 29.6. The minimum Gasteiger partial charge on any atom is -0.481 e. The van der Waals surface area contributed by atoms with E-state index < -0.39 is 23.5 Å². The summed E-state index contributed by atoms with van der Waals surface area (Å²) < 4.78 is 39.4. The summed E-state index contributed by atoms with van der Waals surface area (Å²) in [4.78, 5) is 23.1. The number of allylic oxidation sites excluding steroid dienone is 3. The zero-order valence-electron chi connectivity index (χ0n) is 19.1. The number of alkyl halides is 3. The lowest BCUT2D eigenvalue weighted by Gasteiger charge is -2.19. The summed E-state index contributed by atoms with van der Waals surface area (Å²) in [6.45, 7) is 11.2. The summed E-state index contributed by atoms with van der Waals surface area (Å²) in [5, 5.41) is 8.43. The molecule has 0 aromatic heterocycles. The van der Waals surface area contributed by atoms with E-state index in [0.717, 1.165) is 19.8 Å². The van der Waals surface area contributed by atoms with Gasteiger partial charge < -0.3 is 10.0 Å². The maximum Gasteiger partial charge on any atom is 0.416 e. The van der Waals surface area contributed by atoms with E-state index in [9.17, 15) is 22.8 Å². The quantitative estimate of drug-likeness (QED) is 0.361. The van der Waals surface area contributed by atoms with Gasteiger partial charge >= 0.3 is 12.1 Å². The van der Waals surface area contributed by atoms with Crippen LogP contribution in [-0.4, -0.2) is 48.6 Å². The summed E-state index contributed by atoms with van der Waals surface area (Å²) >= 11 is 0. The molecule has 1 N–H and O–H groups in total. The van der Waals surface area contributed by atoms with Crippen LogP contribution in [0.1, 0.15) is 60.8 Å². The van der Waals surface area contributed by atoms with Gasteiger partial charge in [0.05, 0.1) is 11.5 Å². The van der Waals surface area contributed by atoms with Gasteiger partial charge in [0.25, 0.3) is 0 Å². The summed E-state index contributed by atoms with van der Waals surface area (Å²) in [5.41, 5.74) is -0.608. The highest BCUT2D eigenvalue weighted by Crippen LogP contribution is 2.33. The van der Waals surface area contributed by atoms with Crippen molar-refractivity contribution in [3.63, 3.8) is 0 Å². The van der Waals surface area contributed by atoms with E-state index in [2.05, 4.69) is 0 Å². The maximum absolute atomic E-state index is 13.1. The SMILES string of the molecule is CC(C)CC(C)C(=O)O.CCC(C)/C=C(CCN(C)C)\C(=C/C(C)=O)C(F)(F)F. The van der Waals surface area contributed by atoms with Gasteiger partial charge in [-0.05, 0) is 57.3 Å². The highest BCUT2D eigenvalue weighted by atomic mass is 19.4. The van der Waals surface area contributed by atoms with Crippen molar-refractivity contribution >= 4 is 11.8 Å². The maximum atomic E-state index is 13.1. The van der Waals surface area contributed by atoms with Crippen LogP contribution in [0.5, 0.6) is 0 Å². The zero-order chi connectivity index (χ0) is 23.4. The number of carbonyl (C=O) groups excluding carboxylic acids is 1. The Labute approximate surface area is 173 Å². The lowest BCUT2D eigenvalue weighted by Crippen LogP contribution is -2.20. The van der Waals surface area contributed by atoms with Crippen LogP contribution in [-0.2, 0) is 9.59 Å². The van der Waals surface area contributed by atoms with Crippen LogP contribution in [0.15, 0.2) is 23.3 Å². The standard InChI is InChI=1S/C15H24F3NO.C7H14O2/c1-6-11(2)9-13(7-8-19(4)5)14(10-12(3)20)15(16,17)18;1-5(2)4-6(3)7(8)9/h9-11H,6-8H2,1-5H3;5-6H,4H2,1-3H3,(H,8,9)/b13-9-,14-10+;. The van der Waals surface area contributed by atoms with Crippen molar-refractivity contribution in [2.24, 2.45) is 17.8 Å². The van der Waals surface area contributed by atoms with Crippen molar-refractivity contribution in [2.75, 3.05) is 20.6 Å². The van der Waals surface area contributed by atoms with Crippen molar-refractivity contribution in [1.29, 1.82) is 0 Å². The molecule has 0 saturated carbocycles. The molecule has 0 aromatic rings. The molecular formula is C22H38F3NO3. The van der Waals surface area contributed by atoms with E-state index in [1.165, 1.54) is 0 Å². The van der Waals surface area contributed by atoms with Crippen molar-refractivity contribution in [1.82, 2.24) is 4.90 Å². The van der Waals surface area contributed by atoms with E-state index in [-0.39, 0.29) is 23.8 Å². The van der Waals surface area contributed by atoms with Crippen molar-refractivity contribution < 1.29 is 27.9 Å². The molecule has 29 heavy (non-hydrogen) atoms. The van der Waals surface area contributed by atoms with Gasteiger partial charge in [-0.15, -0.1) is 0 Å². The first-order valence-electron chi connectivity index (χ1n) is 9.99. The van der Waals surface area contributed by atoms with Gasteiger partial charge in [-0.3, -0.25) is 9.59 Å². The van der Waals surface area contributed by atoms with Crippen LogP contribution in [0, 0.1) is 17.8 Å². The van der Waals surface area contributed by atoms with Gasteiger partial charge in [0.2, 0.25) is 0 Å². The molecule has 4 nitrogen and oxygen atoms in total. The number of carbonyl (C=O) groups is 2. The van der Waals surface area contributed by atoms with Crippen molar-refractivity contribution in [3.05, 3.63) is 23.3 Å². The molecule has 7 heteroatoms. The molecule has 0 radical (unpaired) electrons. The molecule has 170 valence electrons. The number of hydrogen-bond donors (Lipinski definition) is 1. The Kier molecular flexibility index (Phi) is 14.7. The van der Waals surface area contributed by atoms with E-state index in [0.29, 0.717) is 18.5 Å². The van der Waals surface area contributed by atoms with Gasteiger partial charge in [0, 0.05) is 6.54 Å². The molecule has 2 atom stereocenters. The van der Waals surface area contributed by atoms with Gasteiger partial charge in [-0.2, -0.15) is 13.2 Å². The third kappa shape index (κ3) is 15.9. The molecule has 0 saturated heterocycles. The summed E-state index contributed by atoms with van der Waals surface area (Å²) in [6.07, 6.45) is -0.366. The second kappa shape index (κ2) is 14.4. The fraction of sp³-hybridized carbons (Fsp3) is 0.727. The third-order valence-corrected chi connectivity index (χ3v) is 4.20. The molecule has 0 aromatic carbocycles. The number of halogens is 3. The molecule has 0 amide bonds. The molecule has 0 aliphatic carbocycles. The second-order valence-electron chi connectivity index (χ2n) is 8.17. The number of aliphatic carboxylic acids is 1. The number of carboxylic acids is 1. The van der Waals surface area contributed by atoms with Crippen LogP contribution in [0.25, 0.3) is 0 Å². The number of ketones is 1. The highest BCUT2D eigenvalue weighted by molar-refractivity contribution is 5.89. The monoisotopic (exact) mass is 421 g/mol. The van der Waals surface area contributed by atoms with E-state index in [1.54, 1.807) is 13.0 Å². The molecule has 0 bridgehead atoms. The fourth-order valence-electron chi connectivity index (χ4n) is 2.48. The average molecular weight is 422 g/mol. The minimum absolute atomic E-state index is 0.0462. The number of hydrogen-bond acceptors (Lipinski definition) is 3. The summed E-state index contributed by atoms with van der Waals surface area (Å²) in [6, 6.07) is 0. The molecule has 0 aliphatic heterocycles. The predicted molar refractivity (Wildman–Crippen MR) is 112 cm³/mol. The first-order chi connectivity index (χ1) is 13.1. The van der Waals surface area contributed by atoms with Crippen molar-refractivity contribution in [2.45, 2.75) is 67.0 Å². The van der Waals surface area contributed by atoms with Crippen LogP contribution >= 0.6 is 0 Å². The molecule has 0 aliphatic rings. The largest absolute Gasteiger partial charge is 0.481 e. The van der Waals surface area contributed by atoms with E-state index in [1.807, 2.05) is 46.7 Å². The predicted octanol–water partition coefficient (Wildman–Crippen LogP) is 5.74. The van der Waals surface area contributed by atoms with Crippen LogP contribution in [0.3, 0.4) is 0 Å². The van der Waals surface area contributed by atoms with Gasteiger partial charge in [-0.25, -0.2) is 0 Å². The van der Waals surface area contributed by atoms with Gasteiger partial charge in [0.1, 0.15) is 0 Å². The Morgan fingerprint density at radius 1 is 1.10 bits per heavy atom. The molecule has 0 rings (SSSR count). The highest BCUT2D eigenvalue weighted by Gasteiger charge is 2.36. The second-order valence-corrected chi connectivity index (χ2v) is 8.17. The van der Waals surface area contributed by atoms with Crippen LogP contribution in [0.2, 0.25) is 0 Å². The first-order valence-corrected chi connectivity index (χ1v) is 9.99. The molecular weight excluding hydrogens is 383 g/mol. The topological polar surface area (TPSA) is 57.6 Å². The Balaban J connectivity index is 0. The van der Waals surface area contributed by atoms with Gasteiger partial charge in [-0.1, -0.05) is 47.1 Å². The van der Waals surface area contributed by atoms with Crippen LogP contribution < -0.4 is 0 Å². The normalized spacial score (nSPS) is 15.1. The zero-order valence-corrected chi connectivity index (χ0v) is 19.1. The third-order valence-electron chi connectivity index (χ3n) is 4.20. The fourth-order valence-corrected chi connectivity index (χ4v) is 2.48. The molecule has 0 spiro atoms. The van der Waals surface area contributed by atoms with E-state index >= 15 is 0 Å². The van der Waals surface area contributed by atoms with E-state index in [4.69, 9.17) is 5.11 Å². The average Bonchev–Trinajstić information content (AvgIpc) is 2.55. The van der Waals surface area contributed by atoms with Crippen molar-refractivity contribution in [3.8, 4) is 0 Å². The number of carboxylic acid groups (broad SMARTS) is 1. The number of rotatable bonds is 10. The number of nitrogens with zero attached hydrogens (tertiary/aromatic N) is 1. The van der Waals surface area contributed by atoms with Gasteiger partial charge in [0.15, 0.2) is 5.78 Å². The molecule has 0 fully saturated rings. The summed E-state index contributed by atoms with van der Waals surface area (Å²) in [7, 11) is 3.62. The summed E-state index contributed by atoms with van der Waals surface area (Å²) in [5.74, 6) is -0.938. The lowest BCUT2D eigenvalue weighted by molar-refractivity contribution is -0.141. The molecule has 2 unspecified atom stereocenters.